The molecule has 11 heteroatoms. The van der Waals surface area contributed by atoms with Gasteiger partial charge in [-0.05, 0) is 12.1 Å². The maximum atomic E-state index is 15.0. The lowest BCUT2D eigenvalue weighted by molar-refractivity contribution is -0.125. The number of carbonyl (C=O) groups is 2. The molecule has 2 aromatic rings. The number of hydrogen-bond donors (Lipinski definition) is 2. The zero-order valence-electron chi connectivity index (χ0n) is 17.5. The first kappa shape index (κ1) is 20.6. The SMILES string of the molecule is CNC(=O)c1ccc(N2CCN(Cc3ncc4c(c3F)NC(=O)C3(CC3)O4)CC2)c(F)n1. The summed E-state index contributed by atoms with van der Waals surface area (Å²) in [5.74, 6) is -1.79. The van der Waals surface area contributed by atoms with Gasteiger partial charge < -0.3 is 20.3 Å². The molecule has 1 aliphatic carbocycles. The molecule has 2 aliphatic heterocycles. The average molecular weight is 444 g/mol. The maximum Gasteiger partial charge on any atom is 0.269 e. The average Bonchev–Trinajstić information content (AvgIpc) is 3.57. The Labute approximate surface area is 182 Å². The van der Waals surface area contributed by atoms with Gasteiger partial charge in [-0.1, -0.05) is 0 Å². The highest BCUT2D eigenvalue weighted by Crippen LogP contribution is 2.47. The number of pyridine rings is 2. The molecule has 0 atom stereocenters. The minimum absolute atomic E-state index is 0.0185. The highest BCUT2D eigenvalue weighted by atomic mass is 19.1. The van der Waals surface area contributed by atoms with Crippen molar-refractivity contribution in [2.75, 3.05) is 43.4 Å². The first-order chi connectivity index (χ1) is 15.4. The third-order valence-electron chi connectivity index (χ3n) is 6.09. The number of aromatic nitrogens is 2. The van der Waals surface area contributed by atoms with E-state index >= 15 is 0 Å². The third kappa shape index (κ3) is 3.52. The molecular formula is C21H22F2N6O3. The number of nitrogens with one attached hydrogen (secondary N) is 2. The molecule has 1 saturated heterocycles. The number of nitrogens with zero attached hydrogens (tertiary/aromatic N) is 4. The van der Waals surface area contributed by atoms with Crippen molar-refractivity contribution in [3.05, 3.63) is 41.5 Å². The predicted octanol–water partition coefficient (Wildman–Crippen LogP) is 1.30. The van der Waals surface area contributed by atoms with Crippen molar-refractivity contribution in [3.63, 3.8) is 0 Å². The van der Waals surface area contributed by atoms with Gasteiger partial charge >= 0.3 is 0 Å². The van der Waals surface area contributed by atoms with Crippen LogP contribution >= 0.6 is 0 Å². The van der Waals surface area contributed by atoms with Crippen LogP contribution in [0.15, 0.2) is 18.3 Å². The summed E-state index contributed by atoms with van der Waals surface area (Å²) < 4.78 is 35.1. The van der Waals surface area contributed by atoms with Crippen molar-refractivity contribution >= 4 is 23.2 Å². The van der Waals surface area contributed by atoms with Crippen molar-refractivity contribution in [2.45, 2.75) is 25.0 Å². The highest BCUT2D eigenvalue weighted by Gasteiger charge is 2.56. The Balaban J connectivity index is 1.24. The summed E-state index contributed by atoms with van der Waals surface area (Å²) in [6.45, 7) is 2.38. The molecular weight excluding hydrogens is 422 g/mol. The van der Waals surface area contributed by atoms with Crippen LogP contribution in [0.5, 0.6) is 5.75 Å². The zero-order chi connectivity index (χ0) is 22.5. The zero-order valence-corrected chi connectivity index (χ0v) is 17.5. The van der Waals surface area contributed by atoms with E-state index in [0.717, 1.165) is 0 Å². The number of rotatable bonds is 4. The molecule has 4 heterocycles. The van der Waals surface area contributed by atoms with E-state index < -0.39 is 23.3 Å². The van der Waals surface area contributed by atoms with E-state index in [0.29, 0.717) is 44.7 Å². The lowest BCUT2D eigenvalue weighted by atomic mass is 10.2. The van der Waals surface area contributed by atoms with Gasteiger partial charge in [0, 0.05) is 52.6 Å². The molecule has 1 saturated carbocycles. The highest BCUT2D eigenvalue weighted by molar-refractivity contribution is 6.02. The smallest absolute Gasteiger partial charge is 0.269 e. The van der Waals surface area contributed by atoms with E-state index in [-0.39, 0.29) is 35.3 Å². The fraction of sp³-hybridized carbons (Fsp3) is 0.429. The standard InChI is InChI=1S/C21H22F2N6O3/c1-24-19(30)12-2-3-14(18(23)26-12)29-8-6-28(7-9-29)11-13-16(22)17-15(10-25-13)32-21(4-5-21)20(31)27-17/h2-3,10H,4-9,11H2,1H3,(H,24,30)(H,27,31). The molecule has 0 bridgehead atoms. The second-order valence-electron chi connectivity index (χ2n) is 8.16. The molecule has 1 spiro atoms. The number of carbonyl (C=O) groups excluding carboxylic acids is 2. The Morgan fingerprint density at radius 1 is 1.25 bits per heavy atom. The molecule has 9 nitrogen and oxygen atoms in total. The van der Waals surface area contributed by atoms with Crippen LogP contribution in [-0.4, -0.2) is 65.5 Å². The topological polar surface area (TPSA) is 99.7 Å². The molecule has 5 rings (SSSR count). The number of fused-ring (bicyclic) bond motifs is 1. The summed E-state index contributed by atoms with van der Waals surface area (Å²) in [5.41, 5.74) is -0.243. The van der Waals surface area contributed by atoms with Gasteiger partial charge in [0.1, 0.15) is 11.4 Å². The second-order valence-corrected chi connectivity index (χ2v) is 8.16. The van der Waals surface area contributed by atoms with Crippen molar-refractivity contribution < 1.29 is 23.1 Å². The van der Waals surface area contributed by atoms with Crippen LogP contribution in [0, 0.1) is 11.8 Å². The summed E-state index contributed by atoms with van der Waals surface area (Å²) in [7, 11) is 1.46. The van der Waals surface area contributed by atoms with Crippen LogP contribution in [-0.2, 0) is 11.3 Å². The van der Waals surface area contributed by atoms with Crippen LogP contribution in [0.3, 0.4) is 0 Å². The van der Waals surface area contributed by atoms with Crippen LogP contribution in [0.1, 0.15) is 29.0 Å². The number of hydrogen-bond acceptors (Lipinski definition) is 7. The molecule has 2 fully saturated rings. The largest absolute Gasteiger partial charge is 0.473 e. The Hall–Kier alpha value is -3.34. The lowest BCUT2D eigenvalue weighted by Gasteiger charge is -2.36. The van der Waals surface area contributed by atoms with E-state index in [9.17, 15) is 18.4 Å². The quantitative estimate of drug-likeness (QED) is 0.686. The normalized spacial score (nSPS) is 19.2. The number of amides is 2. The Morgan fingerprint density at radius 3 is 2.66 bits per heavy atom. The molecule has 0 radical (unpaired) electrons. The van der Waals surface area contributed by atoms with E-state index in [1.807, 2.05) is 9.80 Å². The van der Waals surface area contributed by atoms with Crippen LogP contribution in [0.2, 0.25) is 0 Å². The Morgan fingerprint density at radius 2 is 2.00 bits per heavy atom. The van der Waals surface area contributed by atoms with E-state index in [1.54, 1.807) is 6.07 Å². The van der Waals surface area contributed by atoms with Crippen molar-refractivity contribution in [2.24, 2.45) is 0 Å². The molecule has 2 amide bonds. The van der Waals surface area contributed by atoms with Gasteiger partial charge in [0.25, 0.3) is 11.8 Å². The molecule has 168 valence electrons. The van der Waals surface area contributed by atoms with Gasteiger partial charge in [-0.3, -0.25) is 19.5 Å². The first-order valence-electron chi connectivity index (χ1n) is 10.4. The number of ether oxygens (including phenoxy) is 1. The number of halogens is 2. The minimum atomic E-state index is -0.846. The van der Waals surface area contributed by atoms with Crippen molar-refractivity contribution in [1.82, 2.24) is 20.2 Å². The van der Waals surface area contributed by atoms with Gasteiger partial charge in [0.05, 0.1) is 17.6 Å². The fourth-order valence-corrected chi connectivity index (χ4v) is 4.02. The summed E-state index contributed by atoms with van der Waals surface area (Å²) in [4.78, 5) is 35.6. The fourth-order valence-electron chi connectivity index (χ4n) is 4.02. The Kier molecular flexibility index (Phi) is 4.92. The van der Waals surface area contributed by atoms with Gasteiger partial charge in [0.2, 0.25) is 5.95 Å². The Bertz CT molecular complexity index is 1100. The molecule has 32 heavy (non-hydrogen) atoms. The van der Waals surface area contributed by atoms with Crippen molar-refractivity contribution in [1.29, 1.82) is 0 Å². The molecule has 2 aromatic heterocycles. The molecule has 2 N–H and O–H groups in total. The minimum Gasteiger partial charge on any atom is -0.473 e. The maximum absolute atomic E-state index is 15.0. The van der Waals surface area contributed by atoms with Crippen LogP contribution < -0.4 is 20.3 Å². The van der Waals surface area contributed by atoms with E-state index in [2.05, 4.69) is 20.6 Å². The number of piperazine rings is 1. The van der Waals surface area contributed by atoms with E-state index in [4.69, 9.17) is 4.74 Å². The summed E-state index contributed by atoms with van der Waals surface area (Å²) in [5, 5.41) is 5.04. The van der Waals surface area contributed by atoms with Crippen molar-refractivity contribution in [3.8, 4) is 5.75 Å². The molecule has 3 aliphatic rings. The summed E-state index contributed by atoms with van der Waals surface area (Å²) >= 11 is 0. The van der Waals surface area contributed by atoms with E-state index in [1.165, 1.54) is 19.3 Å². The lowest BCUT2D eigenvalue weighted by Crippen LogP contribution is -2.46. The number of anilines is 2. The molecule has 0 aromatic carbocycles. The first-order valence-corrected chi connectivity index (χ1v) is 10.4. The molecule has 0 unspecified atom stereocenters. The summed E-state index contributed by atoms with van der Waals surface area (Å²) in [6, 6.07) is 3.03. The van der Waals surface area contributed by atoms with Crippen LogP contribution in [0.4, 0.5) is 20.2 Å². The monoisotopic (exact) mass is 444 g/mol. The van der Waals surface area contributed by atoms with Gasteiger partial charge in [-0.2, -0.15) is 4.39 Å². The second kappa shape index (κ2) is 7.66. The van der Waals surface area contributed by atoms with Gasteiger partial charge in [0.15, 0.2) is 17.2 Å². The summed E-state index contributed by atoms with van der Waals surface area (Å²) in [6.07, 6.45) is 2.70. The predicted molar refractivity (Wildman–Crippen MR) is 110 cm³/mol. The van der Waals surface area contributed by atoms with Crippen LogP contribution in [0.25, 0.3) is 0 Å². The third-order valence-corrected chi connectivity index (χ3v) is 6.09. The van der Waals surface area contributed by atoms with Gasteiger partial charge in [-0.25, -0.2) is 9.37 Å². The van der Waals surface area contributed by atoms with Gasteiger partial charge in [-0.15, -0.1) is 0 Å².